The first kappa shape index (κ1) is 47.6. The second-order valence-corrected chi connectivity index (χ2v) is 15.2. The molecule has 3 aliphatic heterocycles. The van der Waals surface area contributed by atoms with Crippen LogP contribution in [0.25, 0.3) is 0 Å². The van der Waals surface area contributed by atoms with E-state index in [4.69, 9.17) is 40.1 Å². The third kappa shape index (κ3) is 7.89. The summed E-state index contributed by atoms with van der Waals surface area (Å²) >= 11 is 0. The number of hydrogen-bond acceptors (Lipinski definition) is 19. The molecule has 3 fully saturated rings. The first-order valence-electron chi connectivity index (χ1n) is 19.4. The molecule has 3 rings (SSSR count). The number of aliphatic carboxylic acids is 2. The molecule has 19 N–H and O–H groups in total. The number of unbranched alkanes of at least 4 members (excludes halogenated alkanes) is 1. The summed E-state index contributed by atoms with van der Waals surface area (Å²) in [7, 11) is 0. The van der Waals surface area contributed by atoms with Gasteiger partial charge in [0.2, 0.25) is 0 Å². The molecule has 0 aliphatic carbocycles. The van der Waals surface area contributed by atoms with Crippen molar-refractivity contribution in [3.63, 3.8) is 0 Å². The van der Waals surface area contributed by atoms with Gasteiger partial charge < -0.3 is 66.3 Å². The van der Waals surface area contributed by atoms with E-state index in [2.05, 4.69) is 16.0 Å². The fourth-order valence-corrected chi connectivity index (χ4v) is 9.35. The van der Waals surface area contributed by atoms with Crippen LogP contribution in [0.5, 0.6) is 0 Å². The molecule has 3 aliphatic rings. The fourth-order valence-electron chi connectivity index (χ4n) is 9.35. The van der Waals surface area contributed by atoms with Crippen LogP contribution in [0.2, 0.25) is 0 Å². The van der Waals surface area contributed by atoms with Crippen molar-refractivity contribution in [1.82, 2.24) is 16.0 Å². The lowest BCUT2D eigenvalue weighted by Gasteiger charge is -2.60. The Morgan fingerprint density at radius 2 is 1.07 bits per heavy atom. The number of nitrogens with one attached hydrogen (secondary N) is 3. The highest BCUT2D eigenvalue weighted by Crippen LogP contribution is 2.62. The van der Waals surface area contributed by atoms with E-state index in [-0.39, 0.29) is 71.1 Å². The van der Waals surface area contributed by atoms with Gasteiger partial charge in [-0.2, -0.15) is 0 Å². The van der Waals surface area contributed by atoms with Gasteiger partial charge in [-0.1, -0.05) is 6.42 Å². The second kappa shape index (κ2) is 19.8. The summed E-state index contributed by atoms with van der Waals surface area (Å²) in [5.41, 5.74) is 28.5. The first-order valence-corrected chi connectivity index (χ1v) is 19.4. The van der Waals surface area contributed by atoms with Crippen LogP contribution in [0.15, 0.2) is 0 Å². The molecule has 0 spiro atoms. The van der Waals surface area contributed by atoms with E-state index < -0.39 is 137 Å². The van der Waals surface area contributed by atoms with Crippen LogP contribution in [0.4, 0.5) is 0 Å². The average molecular weight is 809 g/mol. The minimum absolute atomic E-state index is 0.0456. The van der Waals surface area contributed by atoms with Crippen LogP contribution in [-0.4, -0.2) is 144 Å². The van der Waals surface area contributed by atoms with E-state index in [0.29, 0.717) is 12.8 Å². The zero-order valence-corrected chi connectivity index (χ0v) is 32.2. The molecule has 320 valence electrons. The summed E-state index contributed by atoms with van der Waals surface area (Å²) in [6, 6.07) is -8.65. The summed E-state index contributed by atoms with van der Waals surface area (Å²) < 4.78 is 0. The fraction of sp³-hybridized carbons (Fsp3) is 0.750. The van der Waals surface area contributed by atoms with Gasteiger partial charge in [-0.05, 0) is 84.0 Å². The van der Waals surface area contributed by atoms with Gasteiger partial charge in [0.25, 0.3) is 0 Å². The normalized spacial score (nSPS) is 24.9. The van der Waals surface area contributed by atoms with Gasteiger partial charge in [-0.25, -0.2) is 4.79 Å². The van der Waals surface area contributed by atoms with Gasteiger partial charge in [0.1, 0.15) is 16.2 Å². The van der Waals surface area contributed by atoms with E-state index in [0.717, 1.165) is 0 Å². The van der Waals surface area contributed by atoms with Gasteiger partial charge in [-0.3, -0.25) is 38.4 Å². The Kier molecular flexibility index (Phi) is 16.5. The van der Waals surface area contributed by atoms with Crippen LogP contribution in [0, 0.1) is 16.2 Å². The van der Waals surface area contributed by atoms with Crippen molar-refractivity contribution in [3.8, 4) is 0 Å². The maximum atomic E-state index is 15.9. The number of carbonyl (C=O) groups excluding carboxylic acids is 7. The third-order valence-electron chi connectivity index (χ3n) is 12.1. The molecule has 21 nitrogen and oxygen atoms in total. The minimum Gasteiger partial charge on any atom is -0.481 e. The number of carbonyl (C=O) groups is 9. The van der Waals surface area contributed by atoms with Crippen molar-refractivity contribution in [2.45, 2.75) is 106 Å². The highest BCUT2D eigenvalue weighted by molar-refractivity contribution is 6.35. The number of Topliss-reactive ketones (excluding diaryl/α,β-unsaturated/α-hetero) is 7. The molecule has 0 saturated carbocycles. The van der Waals surface area contributed by atoms with Crippen molar-refractivity contribution < 1.29 is 53.4 Å². The molecule has 3 saturated heterocycles. The van der Waals surface area contributed by atoms with Crippen LogP contribution in [-0.2, 0) is 43.2 Å². The molecule has 0 aromatic heterocycles. The number of nitrogens with two attached hydrogens (primary N) is 7. The average Bonchev–Trinajstić information content (AvgIpc) is 4.03. The van der Waals surface area contributed by atoms with Crippen molar-refractivity contribution in [1.29, 1.82) is 0 Å². The van der Waals surface area contributed by atoms with E-state index in [1.807, 2.05) is 0 Å². The summed E-state index contributed by atoms with van der Waals surface area (Å²) in [6.45, 7) is -3.65. The molecule has 0 radical (unpaired) electrons. The Bertz CT molecular complexity index is 1580. The van der Waals surface area contributed by atoms with Crippen LogP contribution in [0.1, 0.15) is 70.6 Å². The lowest BCUT2D eigenvalue weighted by atomic mass is 9.36. The third-order valence-corrected chi connectivity index (χ3v) is 12.1. The Morgan fingerprint density at radius 3 is 1.47 bits per heavy atom. The highest BCUT2D eigenvalue weighted by atomic mass is 16.4. The van der Waals surface area contributed by atoms with Crippen molar-refractivity contribution in [2.24, 2.45) is 56.4 Å². The smallest absolute Gasteiger partial charge is 0.333 e. The molecule has 57 heavy (non-hydrogen) atoms. The van der Waals surface area contributed by atoms with Crippen molar-refractivity contribution in [3.05, 3.63) is 0 Å². The molecular weight excluding hydrogens is 748 g/mol. The Hall–Kier alpha value is -3.77. The van der Waals surface area contributed by atoms with Gasteiger partial charge in [-0.15, -0.1) is 0 Å². The second-order valence-electron chi connectivity index (χ2n) is 15.2. The number of carboxylic acids is 2. The van der Waals surface area contributed by atoms with Gasteiger partial charge >= 0.3 is 11.9 Å². The molecule has 0 bridgehead atoms. The van der Waals surface area contributed by atoms with E-state index in [1.165, 1.54) is 0 Å². The maximum Gasteiger partial charge on any atom is 0.333 e. The topological polar surface area (TPSA) is 412 Å². The molecule has 0 aromatic carbocycles. The highest BCUT2D eigenvalue weighted by Gasteiger charge is 2.87. The largest absolute Gasteiger partial charge is 0.481 e. The van der Waals surface area contributed by atoms with E-state index >= 15 is 33.6 Å². The summed E-state index contributed by atoms with van der Waals surface area (Å²) in [4.78, 5) is 135. The van der Waals surface area contributed by atoms with Gasteiger partial charge in [0.15, 0.2) is 46.0 Å². The van der Waals surface area contributed by atoms with E-state index in [1.54, 1.807) is 0 Å². The SMILES string of the molecule is NCCCCC(N)C(=O)C(CN)(C(=O)C1CCCN1)C(C(=O)CN)(C(=O)C(N)CCC(=O)O)C(C(=O)CN)(C(=O)C1CCCN1)C(N)(C(=O)O)C(=O)C1CCCN1. The number of hydrogen-bond donors (Lipinski definition) is 12. The quantitative estimate of drug-likeness (QED) is 0.0286. The van der Waals surface area contributed by atoms with Crippen LogP contribution < -0.4 is 56.1 Å². The van der Waals surface area contributed by atoms with Crippen LogP contribution >= 0.6 is 0 Å². The lowest BCUT2D eigenvalue weighted by Crippen LogP contribution is -2.88. The lowest BCUT2D eigenvalue weighted by molar-refractivity contribution is -0.196. The van der Waals surface area contributed by atoms with Crippen molar-refractivity contribution >= 4 is 52.4 Å². The maximum absolute atomic E-state index is 15.9. The summed E-state index contributed by atoms with van der Waals surface area (Å²) in [6.07, 6.45) is -1.06. The Morgan fingerprint density at radius 1 is 0.614 bits per heavy atom. The number of carboxylic acid groups (broad SMARTS) is 2. The predicted molar refractivity (Wildman–Crippen MR) is 203 cm³/mol. The molecule has 9 atom stereocenters. The summed E-state index contributed by atoms with van der Waals surface area (Å²) in [5.74, 6) is -15.3. The monoisotopic (exact) mass is 808 g/mol. The molecule has 3 heterocycles. The zero-order valence-electron chi connectivity index (χ0n) is 32.2. The molecule has 0 amide bonds. The van der Waals surface area contributed by atoms with Crippen molar-refractivity contribution in [2.75, 3.05) is 45.8 Å². The first-order chi connectivity index (χ1) is 26.9. The van der Waals surface area contributed by atoms with Crippen LogP contribution in [0.3, 0.4) is 0 Å². The molecule has 0 aromatic rings. The van der Waals surface area contributed by atoms with Gasteiger partial charge in [0, 0.05) is 13.0 Å². The Labute approximate surface area is 330 Å². The summed E-state index contributed by atoms with van der Waals surface area (Å²) in [5, 5.41) is 29.5. The minimum atomic E-state index is -4.11. The zero-order chi connectivity index (χ0) is 42.9. The predicted octanol–water partition coefficient (Wildman–Crippen LogP) is -5.51. The molecular formula is C36H60N10O11. The Balaban J connectivity index is 2.89. The van der Waals surface area contributed by atoms with Gasteiger partial charge in [0.05, 0.1) is 43.3 Å². The molecule has 21 heteroatoms. The van der Waals surface area contributed by atoms with E-state index in [9.17, 15) is 19.8 Å². The molecule has 9 unspecified atom stereocenters. The standard InChI is InChI=1S/C36H60N10O11/c37-12-2-1-6-19(41)27(51)33(18-40,29(53)21-7-3-13-44-21)34(24(47)16-38,28(52)20(42)10-11-26(49)50)35(25(48)17-39,30(54)22-8-4-14-45-22)36(43,32(56)57)31(55)23-9-5-15-46-23/h19-23,44-46H,1-18,37-43H2,(H,49,50)(H,56,57). The number of rotatable bonds is 26. The number of ketones is 7.